The summed E-state index contributed by atoms with van der Waals surface area (Å²) in [6.45, 7) is 7.47. The number of hydrogen-bond donors (Lipinski definition) is 1. The zero-order valence-electron chi connectivity index (χ0n) is 10.9. The average Bonchev–Trinajstić information content (AvgIpc) is 2.75. The summed E-state index contributed by atoms with van der Waals surface area (Å²) in [5, 5.41) is 7.39. The number of aromatic nitrogens is 2. The Morgan fingerprint density at radius 3 is 2.82 bits per heavy atom. The van der Waals surface area contributed by atoms with Gasteiger partial charge >= 0.3 is 5.97 Å². The summed E-state index contributed by atoms with van der Waals surface area (Å²) in [5.41, 5.74) is 1.07. The van der Waals surface area contributed by atoms with Gasteiger partial charge in [0.05, 0.1) is 12.8 Å². The first-order valence-electron chi connectivity index (χ1n) is 5.92. The molecule has 0 fully saturated rings. The molecule has 1 N–H and O–H groups in total. The summed E-state index contributed by atoms with van der Waals surface area (Å²) in [4.78, 5) is 11.6. The SMILES string of the molecule is CCn1nccc1CN[C@H](C(=O)OC)C(C)C. The number of ether oxygens (including phenoxy) is 1. The van der Waals surface area contributed by atoms with Crippen LogP contribution < -0.4 is 5.32 Å². The molecule has 1 aromatic heterocycles. The third kappa shape index (κ3) is 3.56. The minimum absolute atomic E-state index is 0.195. The fourth-order valence-corrected chi connectivity index (χ4v) is 1.73. The molecular formula is C12H21N3O2. The maximum Gasteiger partial charge on any atom is 0.323 e. The highest BCUT2D eigenvalue weighted by Crippen LogP contribution is 2.06. The Bertz CT molecular complexity index is 360. The van der Waals surface area contributed by atoms with E-state index in [1.165, 1.54) is 7.11 Å². The predicted octanol–water partition coefficient (Wildman–Crippen LogP) is 1.19. The average molecular weight is 239 g/mol. The van der Waals surface area contributed by atoms with Crippen LogP contribution in [0.4, 0.5) is 0 Å². The molecule has 0 bridgehead atoms. The van der Waals surface area contributed by atoms with Crippen molar-refractivity contribution in [3.63, 3.8) is 0 Å². The van der Waals surface area contributed by atoms with Crippen LogP contribution in [-0.4, -0.2) is 28.9 Å². The topological polar surface area (TPSA) is 56.2 Å². The molecular weight excluding hydrogens is 218 g/mol. The number of rotatable bonds is 6. The minimum Gasteiger partial charge on any atom is -0.468 e. The molecule has 17 heavy (non-hydrogen) atoms. The van der Waals surface area contributed by atoms with Crippen molar-refractivity contribution in [3.05, 3.63) is 18.0 Å². The first-order chi connectivity index (χ1) is 8.10. The van der Waals surface area contributed by atoms with Crippen LogP contribution in [0, 0.1) is 5.92 Å². The molecule has 1 heterocycles. The summed E-state index contributed by atoms with van der Waals surface area (Å²) < 4.78 is 6.68. The van der Waals surface area contributed by atoms with Gasteiger partial charge in [0.25, 0.3) is 0 Å². The molecule has 0 saturated heterocycles. The monoisotopic (exact) mass is 239 g/mol. The molecule has 1 atom stereocenters. The number of esters is 1. The van der Waals surface area contributed by atoms with Gasteiger partial charge in [-0.15, -0.1) is 0 Å². The van der Waals surface area contributed by atoms with E-state index in [0.717, 1.165) is 12.2 Å². The Labute approximate surface area is 102 Å². The summed E-state index contributed by atoms with van der Waals surface area (Å²) >= 11 is 0. The maximum atomic E-state index is 11.6. The van der Waals surface area contributed by atoms with Crippen molar-refractivity contribution in [2.75, 3.05) is 7.11 Å². The number of nitrogens with zero attached hydrogens (tertiary/aromatic N) is 2. The van der Waals surface area contributed by atoms with E-state index in [-0.39, 0.29) is 17.9 Å². The normalized spacial score (nSPS) is 12.8. The van der Waals surface area contributed by atoms with Gasteiger partial charge in [0.2, 0.25) is 0 Å². The standard InChI is InChI=1S/C12H21N3O2/c1-5-15-10(6-7-14-15)8-13-11(9(2)3)12(16)17-4/h6-7,9,11,13H,5,8H2,1-4H3/t11-/m0/s1. The quantitative estimate of drug-likeness (QED) is 0.758. The number of methoxy groups -OCH3 is 1. The molecule has 0 radical (unpaired) electrons. The Kier molecular flexibility index (Phi) is 5.15. The molecule has 5 heteroatoms. The van der Waals surface area contributed by atoms with Crippen LogP contribution in [0.25, 0.3) is 0 Å². The largest absolute Gasteiger partial charge is 0.468 e. The van der Waals surface area contributed by atoms with E-state index in [0.29, 0.717) is 6.54 Å². The number of carbonyl (C=O) groups is 1. The Morgan fingerprint density at radius 1 is 1.59 bits per heavy atom. The van der Waals surface area contributed by atoms with Gasteiger partial charge in [-0.1, -0.05) is 13.8 Å². The van der Waals surface area contributed by atoms with E-state index >= 15 is 0 Å². The van der Waals surface area contributed by atoms with E-state index in [1.54, 1.807) is 6.20 Å². The number of hydrogen-bond acceptors (Lipinski definition) is 4. The summed E-state index contributed by atoms with van der Waals surface area (Å²) in [7, 11) is 1.41. The van der Waals surface area contributed by atoms with Gasteiger partial charge in [0.15, 0.2) is 0 Å². The highest BCUT2D eigenvalue weighted by molar-refractivity contribution is 5.75. The molecule has 0 aromatic carbocycles. The highest BCUT2D eigenvalue weighted by Gasteiger charge is 2.22. The van der Waals surface area contributed by atoms with E-state index in [4.69, 9.17) is 4.74 Å². The van der Waals surface area contributed by atoms with Crippen molar-refractivity contribution in [1.29, 1.82) is 0 Å². The first kappa shape index (κ1) is 13.7. The van der Waals surface area contributed by atoms with Crippen molar-refractivity contribution in [2.45, 2.75) is 39.9 Å². The van der Waals surface area contributed by atoms with Crippen molar-refractivity contribution >= 4 is 5.97 Å². The van der Waals surface area contributed by atoms with Gasteiger partial charge < -0.3 is 4.74 Å². The Balaban J connectivity index is 2.61. The van der Waals surface area contributed by atoms with Crippen molar-refractivity contribution in [2.24, 2.45) is 5.92 Å². The second kappa shape index (κ2) is 6.39. The molecule has 5 nitrogen and oxygen atoms in total. The fraction of sp³-hybridized carbons (Fsp3) is 0.667. The predicted molar refractivity (Wildman–Crippen MR) is 65.4 cm³/mol. The summed E-state index contributed by atoms with van der Waals surface area (Å²) in [6.07, 6.45) is 1.77. The molecule has 0 saturated carbocycles. The van der Waals surface area contributed by atoms with Gasteiger partial charge in [0, 0.05) is 19.3 Å². The third-order valence-corrected chi connectivity index (χ3v) is 2.73. The van der Waals surface area contributed by atoms with Gasteiger partial charge in [0.1, 0.15) is 6.04 Å². The van der Waals surface area contributed by atoms with Crippen LogP contribution >= 0.6 is 0 Å². The minimum atomic E-state index is -0.278. The van der Waals surface area contributed by atoms with Crippen LogP contribution in [0.1, 0.15) is 26.5 Å². The maximum absolute atomic E-state index is 11.6. The smallest absolute Gasteiger partial charge is 0.323 e. The van der Waals surface area contributed by atoms with Gasteiger partial charge in [-0.2, -0.15) is 5.10 Å². The summed E-state index contributed by atoms with van der Waals surface area (Å²) in [5.74, 6) is -0.0250. The molecule has 1 aromatic rings. The van der Waals surface area contributed by atoms with Crippen molar-refractivity contribution < 1.29 is 9.53 Å². The lowest BCUT2D eigenvalue weighted by Crippen LogP contribution is -2.41. The van der Waals surface area contributed by atoms with Gasteiger partial charge in [-0.05, 0) is 18.9 Å². The van der Waals surface area contributed by atoms with Crippen molar-refractivity contribution in [3.8, 4) is 0 Å². The van der Waals surface area contributed by atoms with Gasteiger partial charge in [-0.25, -0.2) is 0 Å². The third-order valence-electron chi connectivity index (χ3n) is 2.73. The lowest BCUT2D eigenvalue weighted by Gasteiger charge is -2.19. The van der Waals surface area contributed by atoms with E-state index in [9.17, 15) is 4.79 Å². The van der Waals surface area contributed by atoms with Crippen LogP contribution in [0.3, 0.4) is 0 Å². The van der Waals surface area contributed by atoms with Crippen LogP contribution in [0.5, 0.6) is 0 Å². The molecule has 1 rings (SSSR count). The Hall–Kier alpha value is -1.36. The lowest BCUT2D eigenvalue weighted by atomic mass is 10.0. The van der Waals surface area contributed by atoms with Crippen LogP contribution in [0.2, 0.25) is 0 Å². The molecule has 0 amide bonds. The molecule has 0 aliphatic heterocycles. The Morgan fingerprint density at radius 2 is 2.29 bits per heavy atom. The molecule has 0 unspecified atom stereocenters. The zero-order chi connectivity index (χ0) is 12.8. The molecule has 0 spiro atoms. The number of carbonyl (C=O) groups excluding carboxylic acids is 1. The summed E-state index contributed by atoms with van der Waals surface area (Å²) in [6, 6.07) is 1.67. The van der Waals surface area contributed by atoms with Crippen molar-refractivity contribution in [1.82, 2.24) is 15.1 Å². The number of nitrogens with one attached hydrogen (secondary N) is 1. The highest BCUT2D eigenvalue weighted by atomic mass is 16.5. The lowest BCUT2D eigenvalue weighted by molar-refractivity contribution is -0.144. The van der Waals surface area contributed by atoms with E-state index < -0.39 is 0 Å². The zero-order valence-corrected chi connectivity index (χ0v) is 10.9. The second-order valence-electron chi connectivity index (χ2n) is 4.26. The fourth-order valence-electron chi connectivity index (χ4n) is 1.73. The van der Waals surface area contributed by atoms with E-state index in [1.807, 2.05) is 31.5 Å². The molecule has 0 aliphatic carbocycles. The second-order valence-corrected chi connectivity index (χ2v) is 4.26. The van der Waals surface area contributed by atoms with Gasteiger partial charge in [-0.3, -0.25) is 14.8 Å². The first-order valence-corrected chi connectivity index (χ1v) is 5.92. The number of aryl methyl sites for hydroxylation is 1. The van der Waals surface area contributed by atoms with Crippen LogP contribution in [-0.2, 0) is 22.6 Å². The van der Waals surface area contributed by atoms with E-state index in [2.05, 4.69) is 10.4 Å². The van der Waals surface area contributed by atoms with Crippen LogP contribution in [0.15, 0.2) is 12.3 Å². The molecule has 96 valence electrons. The molecule has 0 aliphatic rings.